The van der Waals surface area contributed by atoms with Gasteiger partial charge in [0.15, 0.2) is 69.2 Å². The second-order valence-electron chi connectivity index (χ2n) is 34.5. The molecule has 0 bridgehead atoms. The molecule has 11 rings (SSSR count). The summed E-state index contributed by atoms with van der Waals surface area (Å²) in [6, 6.07) is -9.91. The topological polar surface area (TPSA) is 946 Å². The average Bonchev–Trinajstić information content (AvgIpc) is 0.762. The van der Waals surface area contributed by atoms with Gasteiger partial charge in [-0.05, 0) is 0 Å². The molecule has 0 aromatic heterocycles. The van der Waals surface area contributed by atoms with Gasteiger partial charge in [-0.3, -0.25) is 24.0 Å². The van der Waals surface area contributed by atoms with Gasteiger partial charge >= 0.3 is 0 Å². The Balaban J connectivity index is 0.983. The lowest BCUT2D eigenvalue weighted by atomic mass is 9.93. The number of amides is 5. The summed E-state index contributed by atoms with van der Waals surface area (Å²) in [5.74, 6) is -4.90. The zero-order valence-electron chi connectivity index (χ0n) is 73.6. The molecule has 11 fully saturated rings. The van der Waals surface area contributed by atoms with Gasteiger partial charge in [-0.25, -0.2) is 0 Å². The van der Waals surface area contributed by atoms with Crippen molar-refractivity contribution in [3.05, 3.63) is 0 Å². The molecular formula is C76H127N5O56. The Morgan fingerprint density at radius 3 is 0.701 bits per heavy atom. The molecule has 1 unspecified atom stereocenters. The third kappa shape index (κ3) is 25.0. The van der Waals surface area contributed by atoms with Crippen LogP contribution in [0.1, 0.15) is 34.6 Å². The fourth-order valence-corrected chi connectivity index (χ4v) is 17.8. The van der Waals surface area contributed by atoms with E-state index in [1.54, 1.807) is 0 Å². The van der Waals surface area contributed by atoms with Crippen LogP contribution in [0.5, 0.6) is 0 Å². The van der Waals surface area contributed by atoms with Gasteiger partial charge in [-0.15, -0.1) is 0 Å². The lowest BCUT2D eigenvalue weighted by Gasteiger charge is -2.52. The van der Waals surface area contributed by atoms with Gasteiger partial charge in [0.1, 0.15) is 268 Å². The van der Waals surface area contributed by atoms with Crippen molar-refractivity contribution in [1.29, 1.82) is 0 Å². The number of carbonyl (C=O) groups is 5. The van der Waals surface area contributed by atoms with E-state index in [1.807, 2.05) is 0 Å². The number of rotatable bonds is 36. The van der Waals surface area contributed by atoms with Crippen molar-refractivity contribution >= 4 is 29.5 Å². The lowest BCUT2D eigenvalue weighted by Crippen LogP contribution is -2.71. The Hall–Kier alpha value is -4.69. The molecule has 11 heterocycles. The maximum atomic E-state index is 13.4. The van der Waals surface area contributed by atoms with Crippen molar-refractivity contribution in [3.8, 4) is 0 Å². The maximum absolute atomic E-state index is 13.4. The highest BCUT2D eigenvalue weighted by molar-refractivity contribution is 5.75. The fraction of sp³-hybridized carbons (Fsp3) is 0.934. The summed E-state index contributed by atoms with van der Waals surface area (Å²) in [5, 5.41) is 350. The SMILES string of the molecule is CC(=O)N[C@@H]1[C@@H](O)[C@H](O[C@@H]2O[C@H](CO)[C@@H](OC3O[C@H](CO[C@H]4O[C@H](CO)[C@@H](O)[C@H](O)[C@@H]4O[C@@H]4O[C@H](CO)[C@@H](O[C@@H]5O[C@H](CO)[C@H](O)[C@H](O)[C@H]5O)[C@H](O)[C@H]4NC(C)=O)[C@@H](O)[C@H](O[C@H]4O[C@H](CO)[C@@H](O[C@@H]5O[C@H](CO)[C@@H](O[C@@H]6O[C@H](CO)[C@H](O)[C@H](O)[C@H]6O)[C@H](O)[C@H]5NC(C)=O)[C@H](O)[C@@H]4O[C@@H]4O[C@H](CO)[C@@H](O[C@@H]5O[C@H](CO)[C@H](O)[C@H](O)[C@H]5O)[C@H](O)[C@H]4NC(C)=O)[C@@H]3O)[C@H](O)[C@H]2NC(C)=O)[C@@H](CO)O[C@H]1O. The van der Waals surface area contributed by atoms with Crippen LogP contribution in [0, 0.1) is 0 Å². The van der Waals surface area contributed by atoms with Gasteiger partial charge in [0.05, 0.1) is 72.7 Å². The quantitative estimate of drug-likeness (QED) is 0.0277. The summed E-state index contributed by atoms with van der Waals surface area (Å²) in [6.45, 7) is -8.38. The molecule has 0 spiro atoms. The van der Waals surface area contributed by atoms with Crippen molar-refractivity contribution in [3.63, 3.8) is 0 Å². The van der Waals surface area contributed by atoms with Crippen LogP contribution in [-0.2, 0) is 123 Å². The molecule has 11 aliphatic rings. The molecule has 137 heavy (non-hydrogen) atoms. The molecule has 35 N–H and O–H groups in total. The molecule has 11 saturated heterocycles. The van der Waals surface area contributed by atoms with Crippen molar-refractivity contribution in [1.82, 2.24) is 26.6 Å². The summed E-state index contributed by atoms with van der Waals surface area (Å²) >= 11 is 0. The van der Waals surface area contributed by atoms with Crippen LogP contribution in [0.3, 0.4) is 0 Å². The number of hydrogen-bond acceptors (Lipinski definition) is 56. The van der Waals surface area contributed by atoms with Crippen molar-refractivity contribution in [2.45, 2.75) is 372 Å². The molecule has 61 heteroatoms. The summed E-state index contributed by atoms with van der Waals surface area (Å²) in [6.07, 6.45) is -109. The van der Waals surface area contributed by atoms with Crippen molar-refractivity contribution < 1.29 is 277 Å². The predicted molar refractivity (Wildman–Crippen MR) is 420 cm³/mol. The molecule has 61 nitrogen and oxygen atoms in total. The van der Waals surface area contributed by atoms with Crippen LogP contribution >= 0.6 is 0 Å². The molecule has 55 atom stereocenters. The van der Waals surface area contributed by atoms with E-state index in [9.17, 15) is 177 Å². The summed E-state index contributed by atoms with van der Waals surface area (Å²) in [5.41, 5.74) is 0. The van der Waals surface area contributed by atoms with Gasteiger partial charge in [0.2, 0.25) is 29.5 Å². The Kier molecular flexibility index (Phi) is 40.7. The van der Waals surface area contributed by atoms with Crippen LogP contribution in [0.25, 0.3) is 0 Å². The van der Waals surface area contributed by atoms with Crippen LogP contribution in [-0.4, -0.2) is 593 Å². The van der Waals surface area contributed by atoms with E-state index in [0.717, 1.165) is 34.6 Å². The van der Waals surface area contributed by atoms with E-state index in [2.05, 4.69) is 26.6 Å². The molecule has 792 valence electrons. The number of carbonyl (C=O) groups excluding carboxylic acids is 5. The molecule has 0 radical (unpaired) electrons. The standard InChI is InChI=1S/C76H127N5O56/c1-17(92)77-33-43(102)57(26(10-86)118-66(33)116)129-67-34(78-18(2)93)45(104)61(30(14-90)123-67)134-74-56(115)63(42(101)32(128-74)16-117-75-64(51(110)41(100)25(9-85)122-75)136-69-36(80-20(4)95)46(105)59(28(12-88)125-69)132-72-53(112)49(108)39(98)23(7-83)120-72)135-76-65(137-70-37(81-21(5)96)47(106)60(29(13-89)126-70)133-73-54(113)50(109)40(99)24(8-84)121-73)55(114)62(31(15-91)127-76)130-68-35(79-19(3)94)44(103)58(27(11-87)124-68)131-71-52(111)48(107)38(97)22(6-82)119-71/h22-76,82-91,97-116H,6-16H2,1-5H3,(H,77,92)(H,78,93)(H,79,94)(H,80,95)(H,81,96)/t22-,23-,24-,25-,26-,27-,28-,29-,30-,31-,32-,33-,34-,35-,36-,37-,38+,39+,40+,41-,42-,43-,44-,45-,46-,47-,48+,49+,50+,51+,52-,53-,54-,55+,56+,57-,58-,59-,60-,61-,62-,63+,64+,65+,66-,67+,68+,69+,70+,71+,72+,73+,74?,75+,76-/m1/s1. The summed E-state index contributed by atoms with van der Waals surface area (Å²) in [4.78, 5) is 65.2. The Morgan fingerprint density at radius 1 is 0.190 bits per heavy atom. The Bertz CT molecular complexity index is 3780. The molecule has 0 aliphatic carbocycles. The first-order chi connectivity index (χ1) is 64.9. The molecular weight excluding hydrogens is 1880 g/mol. The van der Waals surface area contributed by atoms with Gasteiger partial charge < -0.3 is 279 Å². The second-order valence-corrected chi connectivity index (χ2v) is 34.5. The largest absolute Gasteiger partial charge is 0.394 e. The zero-order chi connectivity index (χ0) is 101. The minimum atomic E-state index is -2.75. The fourth-order valence-electron chi connectivity index (χ4n) is 17.8. The predicted octanol–water partition coefficient (Wildman–Crippen LogP) is -24.3. The highest BCUT2D eigenvalue weighted by Crippen LogP contribution is 2.42. The highest BCUT2D eigenvalue weighted by Gasteiger charge is 2.63. The van der Waals surface area contributed by atoms with Crippen molar-refractivity contribution in [2.75, 3.05) is 72.7 Å². The molecule has 0 saturated carbocycles. The van der Waals surface area contributed by atoms with Gasteiger partial charge in [-0.2, -0.15) is 0 Å². The van der Waals surface area contributed by atoms with E-state index in [0.29, 0.717) is 0 Å². The van der Waals surface area contributed by atoms with Crippen molar-refractivity contribution in [2.24, 2.45) is 0 Å². The minimum Gasteiger partial charge on any atom is -0.394 e. The Morgan fingerprint density at radius 2 is 0.401 bits per heavy atom. The first-order valence-corrected chi connectivity index (χ1v) is 43.7. The lowest BCUT2D eigenvalue weighted by molar-refractivity contribution is -0.406. The third-order valence-electron chi connectivity index (χ3n) is 25.0. The average molecular weight is 2010 g/mol. The normalized spacial score (nSPS) is 48.9. The molecule has 5 amide bonds. The van der Waals surface area contributed by atoms with Crippen LogP contribution in [0.4, 0.5) is 0 Å². The number of ether oxygens (including phenoxy) is 21. The first kappa shape index (κ1) is 113. The highest BCUT2D eigenvalue weighted by atomic mass is 16.8. The first-order valence-electron chi connectivity index (χ1n) is 43.7. The molecule has 0 aromatic carbocycles. The summed E-state index contributed by atoms with van der Waals surface area (Å²) in [7, 11) is 0. The molecule has 11 aliphatic heterocycles. The summed E-state index contributed by atoms with van der Waals surface area (Å²) < 4.78 is 126. The molecule has 0 aromatic rings. The van der Waals surface area contributed by atoms with Crippen LogP contribution in [0.2, 0.25) is 0 Å². The van der Waals surface area contributed by atoms with E-state index < -0.39 is 440 Å². The van der Waals surface area contributed by atoms with E-state index in [-0.39, 0.29) is 0 Å². The van der Waals surface area contributed by atoms with E-state index >= 15 is 0 Å². The number of aliphatic hydroxyl groups excluding tert-OH is 30. The van der Waals surface area contributed by atoms with Gasteiger partial charge in [0.25, 0.3) is 0 Å². The van der Waals surface area contributed by atoms with Gasteiger partial charge in [-0.1, -0.05) is 0 Å². The third-order valence-corrected chi connectivity index (χ3v) is 25.0. The minimum absolute atomic E-state index is 0.830. The maximum Gasteiger partial charge on any atom is 0.217 e. The zero-order valence-corrected chi connectivity index (χ0v) is 73.6. The number of hydrogen-bond donors (Lipinski definition) is 35. The van der Waals surface area contributed by atoms with E-state index in [1.165, 1.54) is 0 Å². The monoisotopic (exact) mass is 2010 g/mol. The van der Waals surface area contributed by atoms with E-state index in [4.69, 9.17) is 99.5 Å². The van der Waals surface area contributed by atoms with Crippen LogP contribution < -0.4 is 26.6 Å². The number of nitrogens with one attached hydrogen (secondary N) is 5. The number of aliphatic hydroxyl groups is 30. The van der Waals surface area contributed by atoms with Gasteiger partial charge in [0, 0.05) is 34.6 Å². The smallest absolute Gasteiger partial charge is 0.217 e. The van der Waals surface area contributed by atoms with Crippen LogP contribution in [0.15, 0.2) is 0 Å². The Labute approximate surface area is 775 Å². The second kappa shape index (κ2) is 49.5.